The summed E-state index contributed by atoms with van der Waals surface area (Å²) in [5.41, 5.74) is 6.73. The SMILES string of the molecule is C=CCOc1ccc(CC(N)CO)cc1. The number of aliphatic hydroxyl groups excluding tert-OH is 1. The molecule has 3 nitrogen and oxygen atoms in total. The lowest BCUT2D eigenvalue weighted by molar-refractivity contribution is 0.265. The van der Waals surface area contributed by atoms with Crippen molar-refractivity contribution in [2.24, 2.45) is 5.73 Å². The van der Waals surface area contributed by atoms with Crippen LogP contribution in [0.5, 0.6) is 5.75 Å². The number of nitrogens with two attached hydrogens (primary N) is 1. The van der Waals surface area contributed by atoms with Gasteiger partial charge in [0.05, 0.1) is 6.61 Å². The van der Waals surface area contributed by atoms with Crippen molar-refractivity contribution in [2.45, 2.75) is 12.5 Å². The van der Waals surface area contributed by atoms with Gasteiger partial charge in [0, 0.05) is 6.04 Å². The summed E-state index contributed by atoms with van der Waals surface area (Å²) in [6, 6.07) is 7.50. The maximum Gasteiger partial charge on any atom is 0.119 e. The van der Waals surface area contributed by atoms with E-state index in [4.69, 9.17) is 15.6 Å². The third-order valence-corrected chi connectivity index (χ3v) is 2.02. The molecular formula is C12H17NO2. The number of hydrogen-bond donors (Lipinski definition) is 2. The molecule has 82 valence electrons. The minimum atomic E-state index is -0.190. The summed E-state index contributed by atoms with van der Waals surface area (Å²) in [6.45, 7) is 4.09. The fourth-order valence-corrected chi connectivity index (χ4v) is 1.24. The van der Waals surface area contributed by atoms with Crippen LogP contribution in [-0.2, 0) is 6.42 Å². The zero-order valence-electron chi connectivity index (χ0n) is 8.73. The van der Waals surface area contributed by atoms with Gasteiger partial charge < -0.3 is 15.6 Å². The smallest absolute Gasteiger partial charge is 0.119 e. The quantitative estimate of drug-likeness (QED) is 0.687. The maximum absolute atomic E-state index is 8.81. The van der Waals surface area contributed by atoms with Crippen LogP contribution in [0.15, 0.2) is 36.9 Å². The normalized spacial score (nSPS) is 12.1. The summed E-state index contributed by atoms with van der Waals surface area (Å²) in [5.74, 6) is 0.816. The summed E-state index contributed by atoms with van der Waals surface area (Å²) in [6.07, 6.45) is 2.38. The Hall–Kier alpha value is -1.32. The molecule has 0 saturated heterocycles. The van der Waals surface area contributed by atoms with E-state index >= 15 is 0 Å². The molecule has 0 spiro atoms. The second-order valence-electron chi connectivity index (χ2n) is 3.39. The molecule has 0 saturated carbocycles. The average molecular weight is 207 g/mol. The van der Waals surface area contributed by atoms with Crippen LogP contribution in [0.4, 0.5) is 0 Å². The van der Waals surface area contributed by atoms with E-state index in [1.807, 2.05) is 24.3 Å². The van der Waals surface area contributed by atoms with Crippen LogP contribution < -0.4 is 10.5 Å². The van der Waals surface area contributed by atoms with Crippen molar-refractivity contribution in [2.75, 3.05) is 13.2 Å². The zero-order chi connectivity index (χ0) is 11.1. The first-order chi connectivity index (χ1) is 7.26. The Morgan fingerprint density at radius 2 is 2.07 bits per heavy atom. The van der Waals surface area contributed by atoms with Gasteiger partial charge in [-0.1, -0.05) is 24.8 Å². The van der Waals surface area contributed by atoms with E-state index in [2.05, 4.69) is 6.58 Å². The predicted molar refractivity (Wildman–Crippen MR) is 60.9 cm³/mol. The first-order valence-electron chi connectivity index (χ1n) is 4.95. The van der Waals surface area contributed by atoms with Crippen LogP contribution in [0.25, 0.3) is 0 Å². The molecule has 3 N–H and O–H groups in total. The molecule has 0 radical (unpaired) electrons. The fourth-order valence-electron chi connectivity index (χ4n) is 1.24. The molecule has 1 aromatic carbocycles. The van der Waals surface area contributed by atoms with Crippen molar-refractivity contribution in [3.8, 4) is 5.75 Å². The van der Waals surface area contributed by atoms with Crippen LogP contribution in [0.3, 0.4) is 0 Å². The van der Waals surface area contributed by atoms with Crippen molar-refractivity contribution >= 4 is 0 Å². The Kier molecular flexibility index (Phi) is 4.87. The third kappa shape index (κ3) is 4.14. The summed E-state index contributed by atoms with van der Waals surface area (Å²) in [4.78, 5) is 0. The van der Waals surface area contributed by atoms with Crippen molar-refractivity contribution < 1.29 is 9.84 Å². The number of benzene rings is 1. The Bertz CT molecular complexity index is 295. The first-order valence-corrected chi connectivity index (χ1v) is 4.95. The van der Waals surface area contributed by atoms with E-state index in [0.717, 1.165) is 11.3 Å². The van der Waals surface area contributed by atoms with Gasteiger partial charge in [0.25, 0.3) is 0 Å². The summed E-state index contributed by atoms with van der Waals surface area (Å²) < 4.78 is 5.34. The number of rotatable bonds is 6. The van der Waals surface area contributed by atoms with Crippen LogP contribution in [0, 0.1) is 0 Å². The monoisotopic (exact) mass is 207 g/mol. The molecule has 0 aliphatic rings. The summed E-state index contributed by atoms with van der Waals surface area (Å²) >= 11 is 0. The van der Waals surface area contributed by atoms with Gasteiger partial charge in [-0.3, -0.25) is 0 Å². The van der Waals surface area contributed by atoms with Crippen LogP contribution in [0.2, 0.25) is 0 Å². The minimum Gasteiger partial charge on any atom is -0.490 e. The second-order valence-corrected chi connectivity index (χ2v) is 3.39. The molecule has 1 rings (SSSR count). The minimum absolute atomic E-state index is 0.00865. The van der Waals surface area contributed by atoms with Crippen molar-refractivity contribution in [3.63, 3.8) is 0 Å². The number of ether oxygens (including phenoxy) is 1. The predicted octanol–water partition coefficient (Wildman–Crippen LogP) is 1.11. The van der Waals surface area contributed by atoms with E-state index in [1.54, 1.807) is 6.08 Å². The fraction of sp³-hybridized carbons (Fsp3) is 0.333. The van der Waals surface area contributed by atoms with E-state index in [1.165, 1.54) is 0 Å². The average Bonchev–Trinajstić information content (AvgIpc) is 2.28. The lowest BCUT2D eigenvalue weighted by Gasteiger charge is -2.08. The highest BCUT2D eigenvalue weighted by Crippen LogP contribution is 2.13. The van der Waals surface area contributed by atoms with E-state index in [-0.39, 0.29) is 12.6 Å². The Balaban J connectivity index is 2.52. The van der Waals surface area contributed by atoms with E-state index in [9.17, 15) is 0 Å². The highest BCUT2D eigenvalue weighted by molar-refractivity contribution is 5.27. The molecule has 1 unspecified atom stereocenters. The Morgan fingerprint density at radius 3 is 2.60 bits per heavy atom. The van der Waals surface area contributed by atoms with Gasteiger partial charge >= 0.3 is 0 Å². The molecule has 0 heterocycles. The molecule has 3 heteroatoms. The Labute approximate surface area is 90.2 Å². The largest absolute Gasteiger partial charge is 0.490 e. The first kappa shape index (κ1) is 11.8. The lowest BCUT2D eigenvalue weighted by atomic mass is 10.1. The standard InChI is InChI=1S/C12H17NO2/c1-2-7-15-12-5-3-10(4-6-12)8-11(13)9-14/h2-6,11,14H,1,7-9,13H2. The molecule has 1 aromatic rings. The highest BCUT2D eigenvalue weighted by atomic mass is 16.5. The summed E-state index contributed by atoms with van der Waals surface area (Å²) in [7, 11) is 0. The zero-order valence-corrected chi connectivity index (χ0v) is 8.73. The Morgan fingerprint density at radius 1 is 1.40 bits per heavy atom. The van der Waals surface area contributed by atoms with Gasteiger partial charge in [-0.05, 0) is 24.1 Å². The molecule has 0 amide bonds. The van der Waals surface area contributed by atoms with Crippen molar-refractivity contribution in [1.82, 2.24) is 0 Å². The molecule has 0 aliphatic carbocycles. The van der Waals surface area contributed by atoms with Crippen LogP contribution in [0.1, 0.15) is 5.56 Å². The third-order valence-electron chi connectivity index (χ3n) is 2.02. The molecule has 0 fully saturated rings. The lowest BCUT2D eigenvalue weighted by Crippen LogP contribution is -2.26. The van der Waals surface area contributed by atoms with Gasteiger partial charge in [-0.25, -0.2) is 0 Å². The molecule has 0 aromatic heterocycles. The number of aliphatic hydroxyl groups is 1. The van der Waals surface area contributed by atoms with Gasteiger partial charge in [-0.2, -0.15) is 0 Å². The summed E-state index contributed by atoms with van der Waals surface area (Å²) in [5, 5.41) is 8.81. The van der Waals surface area contributed by atoms with E-state index in [0.29, 0.717) is 13.0 Å². The second kappa shape index (κ2) is 6.22. The van der Waals surface area contributed by atoms with Gasteiger partial charge in [0.2, 0.25) is 0 Å². The maximum atomic E-state index is 8.81. The molecule has 0 bridgehead atoms. The van der Waals surface area contributed by atoms with Crippen molar-refractivity contribution in [1.29, 1.82) is 0 Å². The van der Waals surface area contributed by atoms with E-state index < -0.39 is 0 Å². The van der Waals surface area contributed by atoms with Crippen molar-refractivity contribution in [3.05, 3.63) is 42.5 Å². The molecule has 1 atom stereocenters. The van der Waals surface area contributed by atoms with Crippen LogP contribution >= 0.6 is 0 Å². The number of hydrogen-bond acceptors (Lipinski definition) is 3. The molecule has 15 heavy (non-hydrogen) atoms. The molecule has 0 aliphatic heterocycles. The van der Waals surface area contributed by atoms with Gasteiger partial charge in [0.15, 0.2) is 0 Å². The van der Waals surface area contributed by atoms with Gasteiger partial charge in [0.1, 0.15) is 12.4 Å². The molecular weight excluding hydrogens is 190 g/mol. The highest BCUT2D eigenvalue weighted by Gasteiger charge is 2.02. The van der Waals surface area contributed by atoms with Gasteiger partial charge in [-0.15, -0.1) is 0 Å². The van der Waals surface area contributed by atoms with Crippen LogP contribution in [-0.4, -0.2) is 24.4 Å². The topological polar surface area (TPSA) is 55.5 Å².